The average Bonchev–Trinajstić information content (AvgIpc) is 3.12. The van der Waals surface area contributed by atoms with Gasteiger partial charge in [0.15, 0.2) is 0 Å². The zero-order chi connectivity index (χ0) is 17.9. The molecule has 2 aromatic rings. The predicted octanol–water partition coefficient (Wildman–Crippen LogP) is 2.24. The predicted molar refractivity (Wildman–Crippen MR) is 107 cm³/mol. The number of morpholine rings is 1. The van der Waals surface area contributed by atoms with Crippen LogP contribution in [-0.4, -0.2) is 44.2 Å². The third-order valence-electron chi connectivity index (χ3n) is 4.73. The van der Waals surface area contributed by atoms with Gasteiger partial charge in [-0.05, 0) is 36.2 Å². The molecular formula is C20H22ClN3O3. The van der Waals surface area contributed by atoms with Crippen molar-refractivity contribution < 1.29 is 14.3 Å². The summed E-state index contributed by atoms with van der Waals surface area (Å²) in [5, 5.41) is 5.97. The van der Waals surface area contributed by atoms with E-state index in [0.717, 1.165) is 18.7 Å². The number of anilines is 2. The van der Waals surface area contributed by atoms with Gasteiger partial charge in [-0.2, -0.15) is 0 Å². The molecule has 0 spiro atoms. The molecule has 0 aromatic heterocycles. The third-order valence-corrected chi connectivity index (χ3v) is 4.73. The van der Waals surface area contributed by atoms with Gasteiger partial charge in [-0.1, -0.05) is 24.3 Å². The molecule has 4 rings (SSSR count). The minimum atomic E-state index is -0.506. The molecule has 2 amide bonds. The van der Waals surface area contributed by atoms with Crippen molar-refractivity contribution in [3.8, 4) is 0 Å². The van der Waals surface area contributed by atoms with Crippen LogP contribution in [0.25, 0.3) is 0 Å². The fourth-order valence-electron chi connectivity index (χ4n) is 3.39. The maximum Gasteiger partial charge on any atom is 0.258 e. The van der Waals surface area contributed by atoms with Crippen LogP contribution < -0.4 is 15.5 Å². The molecule has 2 N–H and O–H groups in total. The molecule has 0 bridgehead atoms. The monoisotopic (exact) mass is 387 g/mol. The SMILES string of the molecule is Cl.O=C(Nc1cccc(C(=O)N2CCc3ccccc32)c1)C1CNCCO1. The third kappa shape index (κ3) is 4.13. The molecule has 7 heteroatoms. The summed E-state index contributed by atoms with van der Waals surface area (Å²) in [7, 11) is 0. The van der Waals surface area contributed by atoms with E-state index in [9.17, 15) is 9.59 Å². The molecule has 2 aliphatic heterocycles. The Labute approximate surface area is 164 Å². The van der Waals surface area contributed by atoms with Crippen LogP contribution in [0.1, 0.15) is 15.9 Å². The van der Waals surface area contributed by atoms with Gasteiger partial charge in [0.2, 0.25) is 0 Å². The highest BCUT2D eigenvalue weighted by Gasteiger charge is 2.26. The van der Waals surface area contributed by atoms with Gasteiger partial charge in [-0.15, -0.1) is 12.4 Å². The van der Waals surface area contributed by atoms with Crippen LogP contribution in [0.4, 0.5) is 11.4 Å². The van der Waals surface area contributed by atoms with Gasteiger partial charge >= 0.3 is 0 Å². The first-order valence-electron chi connectivity index (χ1n) is 8.85. The van der Waals surface area contributed by atoms with Crippen molar-refractivity contribution in [2.45, 2.75) is 12.5 Å². The van der Waals surface area contributed by atoms with Gasteiger partial charge in [-0.3, -0.25) is 9.59 Å². The van der Waals surface area contributed by atoms with E-state index < -0.39 is 6.10 Å². The number of para-hydroxylation sites is 1. The molecule has 2 aliphatic rings. The lowest BCUT2D eigenvalue weighted by atomic mass is 10.1. The Balaban J connectivity index is 0.00000210. The van der Waals surface area contributed by atoms with Crippen LogP contribution in [0.3, 0.4) is 0 Å². The Morgan fingerprint density at radius 2 is 2.00 bits per heavy atom. The van der Waals surface area contributed by atoms with Crippen LogP contribution in [0, 0.1) is 0 Å². The number of nitrogens with one attached hydrogen (secondary N) is 2. The van der Waals surface area contributed by atoms with Gasteiger partial charge in [0.25, 0.3) is 11.8 Å². The van der Waals surface area contributed by atoms with Crippen LogP contribution in [0.2, 0.25) is 0 Å². The van der Waals surface area contributed by atoms with E-state index in [1.54, 1.807) is 29.2 Å². The van der Waals surface area contributed by atoms with Gasteiger partial charge < -0.3 is 20.3 Å². The molecule has 0 aliphatic carbocycles. The number of benzene rings is 2. The lowest BCUT2D eigenvalue weighted by molar-refractivity contribution is -0.128. The second-order valence-corrected chi connectivity index (χ2v) is 6.47. The Hall–Kier alpha value is -2.41. The van der Waals surface area contributed by atoms with E-state index >= 15 is 0 Å². The zero-order valence-corrected chi connectivity index (χ0v) is 15.6. The zero-order valence-electron chi connectivity index (χ0n) is 14.8. The normalized spacial score (nSPS) is 18.4. The van der Waals surface area contributed by atoms with Gasteiger partial charge in [0, 0.05) is 36.6 Å². The minimum Gasteiger partial charge on any atom is -0.366 e. The van der Waals surface area contributed by atoms with E-state index in [0.29, 0.717) is 30.9 Å². The minimum absolute atomic E-state index is 0. The summed E-state index contributed by atoms with van der Waals surface area (Å²) in [4.78, 5) is 27.0. The van der Waals surface area contributed by atoms with Crippen molar-refractivity contribution in [2.24, 2.45) is 0 Å². The largest absolute Gasteiger partial charge is 0.366 e. The average molecular weight is 388 g/mol. The molecule has 0 saturated carbocycles. The summed E-state index contributed by atoms with van der Waals surface area (Å²) in [5.41, 5.74) is 3.31. The lowest BCUT2D eigenvalue weighted by Crippen LogP contribution is -2.45. The molecule has 1 unspecified atom stereocenters. The molecule has 27 heavy (non-hydrogen) atoms. The van der Waals surface area contributed by atoms with Crippen molar-refractivity contribution in [3.63, 3.8) is 0 Å². The van der Waals surface area contributed by atoms with E-state index in [1.807, 2.05) is 18.2 Å². The molecule has 2 aromatic carbocycles. The molecule has 2 heterocycles. The van der Waals surface area contributed by atoms with E-state index in [4.69, 9.17) is 4.74 Å². The fourth-order valence-corrected chi connectivity index (χ4v) is 3.39. The smallest absolute Gasteiger partial charge is 0.258 e. The Kier molecular flexibility index (Phi) is 6.11. The van der Waals surface area contributed by atoms with E-state index in [2.05, 4.69) is 16.7 Å². The highest BCUT2D eigenvalue weighted by molar-refractivity contribution is 6.08. The molecular weight excluding hydrogens is 366 g/mol. The molecule has 6 nitrogen and oxygen atoms in total. The first-order chi connectivity index (χ1) is 12.7. The summed E-state index contributed by atoms with van der Waals surface area (Å²) in [6, 6.07) is 15.0. The Morgan fingerprint density at radius 1 is 1.15 bits per heavy atom. The van der Waals surface area contributed by atoms with Crippen LogP contribution in [0.15, 0.2) is 48.5 Å². The topological polar surface area (TPSA) is 70.7 Å². The maximum atomic E-state index is 12.9. The maximum absolute atomic E-state index is 12.9. The van der Waals surface area contributed by atoms with Gasteiger partial charge in [0.05, 0.1) is 6.61 Å². The van der Waals surface area contributed by atoms with Crippen molar-refractivity contribution >= 4 is 35.6 Å². The lowest BCUT2D eigenvalue weighted by Gasteiger charge is -2.23. The summed E-state index contributed by atoms with van der Waals surface area (Å²) in [6.45, 7) is 2.45. The first-order valence-corrected chi connectivity index (χ1v) is 8.85. The number of nitrogens with zero attached hydrogens (tertiary/aromatic N) is 1. The second-order valence-electron chi connectivity index (χ2n) is 6.47. The van der Waals surface area contributed by atoms with Crippen molar-refractivity contribution in [1.29, 1.82) is 0 Å². The highest BCUT2D eigenvalue weighted by Crippen LogP contribution is 2.29. The van der Waals surface area contributed by atoms with Crippen LogP contribution >= 0.6 is 12.4 Å². The second kappa shape index (κ2) is 8.52. The number of halogens is 1. The fraction of sp³-hybridized carbons (Fsp3) is 0.300. The number of ether oxygens (including phenoxy) is 1. The molecule has 1 saturated heterocycles. The summed E-state index contributed by atoms with van der Waals surface area (Å²) < 4.78 is 5.46. The number of rotatable bonds is 3. The molecule has 0 radical (unpaired) electrons. The summed E-state index contributed by atoms with van der Waals surface area (Å²) in [5.74, 6) is -0.255. The number of carbonyl (C=O) groups is 2. The Morgan fingerprint density at radius 3 is 2.81 bits per heavy atom. The summed E-state index contributed by atoms with van der Waals surface area (Å²) >= 11 is 0. The van der Waals surface area contributed by atoms with Crippen molar-refractivity contribution in [2.75, 3.05) is 36.5 Å². The molecule has 142 valence electrons. The Bertz CT molecular complexity index is 837. The molecule has 1 atom stereocenters. The standard InChI is InChI=1S/C20H21N3O3.ClH/c24-19(18-13-21-9-11-26-18)22-16-6-3-5-15(12-16)20(25)23-10-8-14-4-1-2-7-17(14)23;/h1-7,12,18,21H,8-11,13H2,(H,22,24);1H. The van der Waals surface area contributed by atoms with Crippen molar-refractivity contribution in [1.82, 2.24) is 5.32 Å². The number of carbonyl (C=O) groups excluding carboxylic acids is 2. The molecule has 1 fully saturated rings. The number of hydrogen-bond donors (Lipinski definition) is 2. The highest BCUT2D eigenvalue weighted by atomic mass is 35.5. The van der Waals surface area contributed by atoms with Crippen LogP contribution in [0.5, 0.6) is 0 Å². The van der Waals surface area contributed by atoms with Crippen LogP contribution in [-0.2, 0) is 16.0 Å². The van der Waals surface area contributed by atoms with E-state index in [1.165, 1.54) is 5.56 Å². The quantitative estimate of drug-likeness (QED) is 0.847. The number of amides is 2. The number of hydrogen-bond acceptors (Lipinski definition) is 4. The number of fused-ring (bicyclic) bond motifs is 1. The summed E-state index contributed by atoms with van der Waals surface area (Å²) in [6.07, 6.45) is 0.359. The van der Waals surface area contributed by atoms with Crippen molar-refractivity contribution in [3.05, 3.63) is 59.7 Å². The van der Waals surface area contributed by atoms with Gasteiger partial charge in [0.1, 0.15) is 6.10 Å². The first kappa shape index (κ1) is 19.4. The van der Waals surface area contributed by atoms with E-state index in [-0.39, 0.29) is 24.2 Å². The van der Waals surface area contributed by atoms with Gasteiger partial charge in [-0.25, -0.2) is 0 Å².